The second kappa shape index (κ2) is 7.46. The first kappa shape index (κ1) is 11.3. The molecule has 0 atom stereocenters. The fourth-order valence-corrected chi connectivity index (χ4v) is 0.227. The van der Waals surface area contributed by atoms with E-state index in [2.05, 4.69) is 17.4 Å². The normalized spacial score (nSPS) is 7.22. The summed E-state index contributed by atoms with van der Waals surface area (Å²) in [6, 6.07) is 0. The van der Waals surface area contributed by atoms with E-state index < -0.39 is 0 Å². The van der Waals surface area contributed by atoms with E-state index in [1.54, 1.807) is 0 Å². The Bertz CT molecular complexity index is 95.0. The lowest BCUT2D eigenvalue weighted by molar-refractivity contribution is -0.117. The van der Waals surface area contributed by atoms with Gasteiger partial charge in [0.1, 0.15) is 0 Å². The van der Waals surface area contributed by atoms with Gasteiger partial charge in [-0.3, -0.25) is 10.2 Å². The molecule has 0 heterocycles. The molecule has 0 aliphatic heterocycles. The number of amides is 1. The molecule has 2 N–H and O–H groups in total. The molecule has 0 unspecified atom stereocenters. The van der Waals surface area contributed by atoms with E-state index >= 15 is 0 Å². The third-order valence-electron chi connectivity index (χ3n) is 0.574. The molecule has 0 spiro atoms. The van der Waals surface area contributed by atoms with E-state index in [1.807, 2.05) is 6.92 Å². The minimum absolute atomic E-state index is 0. The van der Waals surface area contributed by atoms with Crippen molar-refractivity contribution in [1.82, 2.24) is 10.9 Å². The van der Waals surface area contributed by atoms with Crippen LogP contribution in [-0.2, 0) is 4.79 Å². The zero-order valence-electron chi connectivity index (χ0n) is 5.31. The molecule has 0 aliphatic carbocycles. The van der Waals surface area contributed by atoms with Crippen molar-refractivity contribution in [2.45, 2.75) is 6.92 Å². The fourth-order valence-electron chi connectivity index (χ4n) is 0.227. The minimum Gasteiger partial charge on any atom is -0.288 e. The van der Waals surface area contributed by atoms with E-state index in [0.717, 1.165) is 6.54 Å². The summed E-state index contributed by atoms with van der Waals surface area (Å²) in [4.78, 5) is 10.3. The quantitative estimate of drug-likeness (QED) is 0.447. The standard InChI is InChI=1S/C5H10N2O.ClH/c1-3-5(8)7-6-4-2;/h3,6H,1,4H2,2H3,(H,7,8);1H. The van der Waals surface area contributed by atoms with Gasteiger partial charge in [0.25, 0.3) is 5.91 Å². The zero-order chi connectivity index (χ0) is 6.41. The van der Waals surface area contributed by atoms with Crippen LogP contribution in [0.4, 0.5) is 0 Å². The first-order chi connectivity index (χ1) is 3.81. The highest BCUT2D eigenvalue weighted by atomic mass is 35.5. The van der Waals surface area contributed by atoms with Crippen LogP contribution in [0.1, 0.15) is 6.92 Å². The molecule has 0 radical (unpaired) electrons. The Labute approximate surface area is 60.9 Å². The van der Waals surface area contributed by atoms with Gasteiger partial charge in [-0.05, 0) is 6.08 Å². The van der Waals surface area contributed by atoms with Gasteiger partial charge >= 0.3 is 0 Å². The lowest BCUT2D eigenvalue weighted by atomic mass is 10.6. The number of carbonyl (C=O) groups excluding carboxylic acids is 1. The molecule has 0 aromatic carbocycles. The third kappa shape index (κ3) is 7.46. The maximum Gasteiger partial charge on any atom is 0.257 e. The van der Waals surface area contributed by atoms with Crippen LogP contribution in [-0.4, -0.2) is 12.5 Å². The van der Waals surface area contributed by atoms with E-state index in [9.17, 15) is 4.79 Å². The van der Waals surface area contributed by atoms with Crippen LogP contribution in [0.3, 0.4) is 0 Å². The van der Waals surface area contributed by atoms with Gasteiger partial charge in [-0.1, -0.05) is 13.5 Å². The Morgan fingerprint density at radius 1 is 1.78 bits per heavy atom. The summed E-state index contributed by atoms with van der Waals surface area (Å²) in [5.41, 5.74) is 5.00. The Morgan fingerprint density at radius 3 is 2.67 bits per heavy atom. The van der Waals surface area contributed by atoms with Crippen LogP contribution in [0, 0.1) is 0 Å². The molecule has 54 valence electrons. The molecule has 9 heavy (non-hydrogen) atoms. The Balaban J connectivity index is 0. The largest absolute Gasteiger partial charge is 0.288 e. The molecule has 0 saturated heterocycles. The van der Waals surface area contributed by atoms with E-state index in [0.29, 0.717) is 0 Å². The van der Waals surface area contributed by atoms with Crippen molar-refractivity contribution in [3.8, 4) is 0 Å². The number of carbonyl (C=O) groups is 1. The summed E-state index contributed by atoms with van der Waals surface area (Å²) in [5, 5.41) is 0. The molecule has 0 aromatic rings. The van der Waals surface area contributed by atoms with Gasteiger partial charge in [0.05, 0.1) is 0 Å². The topological polar surface area (TPSA) is 41.1 Å². The number of hydrogen-bond donors (Lipinski definition) is 2. The van der Waals surface area contributed by atoms with Gasteiger partial charge in [0.2, 0.25) is 0 Å². The van der Waals surface area contributed by atoms with Gasteiger partial charge in [-0.15, -0.1) is 12.4 Å². The van der Waals surface area contributed by atoms with Crippen LogP contribution in [0.25, 0.3) is 0 Å². The van der Waals surface area contributed by atoms with Crippen LogP contribution >= 0.6 is 12.4 Å². The molecule has 0 fully saturated rings. The highest BCUT2D eigenvalue weighted by Crippen LogP contribution is 1.58. The lowest BCUT2D eigenvalue weighted by Gasteiger charge is -1.97. The van der Waals surface area contributed by atoms with Crippen molar-refractivity contribution in [3.63, 3.8) is 0 Å². The number of hydrogen-bond acceptors (Lipinski definition) is 2. The van der Waals surface area contributed by atoms with E-state index in [4.69, 9.17) is 0 Å². The number of rotatable bonds is 3. The molecule has 0 aromatic heterocycles. The first-order valence-corrected chi connectivity index (χ1v) is 2.46. The maximum absolute atomic E-state index is 10.3. The minimum atomic E-state index is -0.202. The Kier molecular flexibility index (Phi) is 9.35. The summed E-state index contributed by atoms with van der Waals surface area (Å²) in [5.74, 6) is -0.202. The predicted octanol–water partition coefficient (Wildman–Crippen LogP) is 0.235. The van der Waals surface area contributed by atoms with E-state index in [-0.39, 0.29) is 18.3 Å². The maximum atomic E-state index is 10.3. The number of halogens is 1. The van der Waals surface area contributed by atoms with Crippen molar-refractivity contribution in [2.75, 3.05) is 6.54 Å². The first-order valence-electron chi connectivity index (χ1n) is 2.46. The van der Waals surface area contributed by atoms with Crippen molar-refractivity contribution in [3.05, 3.63) is 12.7 Å². The highest BCUT2D eigenvalue weighted by molar-refractivity contribution is 5.86. The number of hydrazine groups is 1. The average Bonchev–Trinajstić information content (AvgIpc) is 1.83. The van der Waals surface area contributed by atoms with Crippen molar-refractivity contribution in [1.29, 1.82) is 0 Å². The van der Waals surface area contributed by atoms with Gasteiger partial charge in [-0.25, -0.2) is 5.43 Å². The molecule has 0 saturated carbocycles. The van der Waals surface area contributed by atoms with Gasteiger partial charge in [0, 0.05) is 6.54 Å². The monoisotopic (exact) mass is 150 g/mol. The van der Waals surface area contributed by atoms with Gasteiger partial charge < -0.3 is 0 Å². The average molecular weight is 151 g/mol. The molecule has 0 bridgehead atoms. The Hall–Kier alpha value is -0.540. The number of nitrogens with one attached hydrogen (secondary N) is 2. The smallest absolute Gasteiger partial charge is 0.257 e. The second-order valence-electron chi connectivity index (χ2n) is 1.22. The van der Waals surface area contributed by atoms with Crippen molar-refractivity contribution < 1.29 is 4.79 Å². The second-order valence-corrected chi connectivity index (χ2v) is 1.22. The molecule has 4 heteroatoms. The molecular weight excluding hydrogens is 140 g/mol. The van der Waals surface area contributed by atoms with Crippen molar-refractivity contribution in [2.24, 2.45) is 0 Å². The summed E-state index contributed by atoms with van der Waals surface area (Å²) >= 11 is 0. The van der Waals surface area contributed by atoms with Gasteiger partial charge in [0.15, 0.2) is 0 Å². The molecule has 3 nitrogen and oxygen atoms in total. The fraction of sp³-hybridized carbons (Fsp3) is 0.400. The van der Waals surface area contributed by atoms with Gasteiger partial charge in [-0.2, -0.15) is 0 Å². The SMILES string of the molecule is C=CC(=O)NNCC.Cl. The summed E-state index contributed by atoms with van der Waals surface area (Å²) in [6.45, 7) is 5.88. The third-order valence-corrected chi connectivity index (χ3v) is 0.574. The van der Waals surface area contributed by atoms with Crippen LogP contribution in [0.2, 0.25) is 0 Å². The van der Waals surface area contributed by atoms with Crippen LogP contribution in [0.5, 0.6) is 0 Å². The summed E-state index contributed by atoms with van der Waals surface area (Å²) < 4.78 is 0. The Morgan fingerprint density at radius 2 is 2.33 bits per heavy atom. The molecule has 0 aliphatic rings. The summed E-state index contributed by atoms with van der Waals surface area (Å²) in [7, 11) is 0. The molecule has 1 amide bonds. The summed E-state index contributed by atoms with van der Waals surface area (Å²) in [6.07, 6.45) is 1.21. The molecule has 0 rings (SSSR count). The van der Waals surface area contributed by atoms with Crippen molar-refractivity contribution >= 4 is 18.3 Å². The van der Waals surface area contributed by atoms with Crippen LogP contribution < -0.4 is 10.9 Å². The lowest BCUT2D eigenvalue weighted by Crippen LogP contribution is -2.35. The van der Waals surface area contributed by atoms with Crippen LogP contribution in [0.15, 0.2) is 12.7 Å². The predicted molar refractivity (Wildman–Crippen MR) is 39.3 cm³/mol. The van der Waals surface area contributed by atoms with E-state index in [1.165, 1.54) is 6.08 Å². The highest BCUT2D eigenvalue weighted by Gasteiger charge is 1.85. The zero-order valence-corrected chi connectivity index (χ0v) is 6.12. The molecular formula is C5H11ClN2O.